The number of likely N-dealkylation sites (tertiary alicyclic amines) is 1. The number of carbonyl (C=O) groups excluding carboxylic acids is 2. The maximum absolute atomic E-state index is 13.3. The molecular weight excluding hydrogens is 442 g/mol. The number of aliphatic hydroxyl groups excluding tert-OH is 1. The summed E-state index contributed by atoms with van der Waals surface area (Å²) in [6, 6.07) is 12.2. The number of ketones is 1. The monoisotopic (exact) mass is 471 g/mol. The van der Waals surface area contributed by atoms with Gasteiger partial charge in [0.15, 0.2) is 0 Å². The standard InChI is InChI=1S/C28H29N3O4/c1-4-16-35-22-10-8-21(9-11-22)25-24(26(32)23-17-19(2)6-7-20(23)3)27(33)28(34)31(25)14-5-13-30-15-12-29-18-30/h4,6-12,15,17-18,25,32H,1,5,13-14,16H2,2-3H3/b26-24+. The number of hydrogen-bond acceptors (Lipinski definition) is 5. The number of nitrogens with zero attached hydrogens (tertiary/aromatic N) is 3. The third kappa shape index (κ3) is 5.04. The predicted molar refractivity (Wildman–Crippen MR) is 134 cm³/mol. The summed E-state index contributed by atoms with van der Waals surface area (Å²) >= 11 is 0. The van der Waals surface area contributed by atoms with Gasteiger partial charge in [0.2, 0.25) is 0 Å². The number of hydrogen-bond donors (Lipinski definition) is 1. The third-order valence-electron chi connectivity index (χ3n) is 6.13. The summed E-state index contributed by atoms with van der Waals surface area (Å²) in [5.41, 5.74) is 3.16. The van der Waals surface area contributed by atoms with Gasteiger partial charge in [-0.15, -0.1) is 0 Å². The molecule has 2 aromatic carbocycles. The van der Waals surface area contributed by atoms with Crippen molar-refractivity contribution in [2.75, 3.05) is 13.2 Å². The van der Waals surface area contributed by atoms with Gasteiger partial charge in [0.25, 0.3) is 11.7 Å². The molecule has 1 aliphatic rings. The average molecular weight is 472 g/mol. The van der Waals surface area contributed by atoms with Crippen LogP contribution in [0.3, 0.4) is 0 Å². The first-order valence-electron chi connectivity index (χ1n) is 11.6. The molecule has 180 valence electrons. The third-order valence-corrected chi connectivity index (χ3v) is 6.13. The Labute approximate surface area is 205 Å². The Balaban J connectivity index is 1.74. The van der Waals surface area contributed by atoms with E-state index in [2.05, 4.69) is 11.6 Å². The van der Waals surface area contributed by atoms with Crippen LogP contribution >= 0.6 is 0 Å². The largest absolute Gasteiger partial charge is 0.507 e. The van der Waals surface area contributed by atoms with Crippen molar-refractivity contribution in [2.45, 2.75) is 32.9 Å². The zero-order chi connectivity index (χ0) is 24.9. The minimum atomic E-state index is -0.703. The summed E-state index contributed by atoms with van der Waals surface area (Å²) in [6.07, 6.45) is 7.56. The van der Waals surface area contributed by atoms with Crippen LogP contribution in [0.15, 0.2) is 79.4 Å². The number of benzene rings is 2. The Hall–Kier alpha value is -4.13. The minimum Gasteiger partial charge on any atom is -0.507 e. The van der Waals surface area contributed by atoms with E-state index in [9.17, 15) is 14.7 Å². The van der Waals surface area contributed by atoms with Crippen LogP contribution in [0.1, 0.15) is 34.7 Å². The Morgan fingerprint density at radius 1 is 1.14 bits per heavy atom. The number of rotatable bonds is 9. The molecule has 1 N–H and O–H groups in total. The van der Waals surface area contributed by atoms with Crippen LogP contribution < -0.4 is 4.74 Å². The molecule has 1 amide bonds. The Bertz CT molecular complexity index is 1260. The number of aliphatic hydroxyl groups is 1. The zero-order valence-electron chi connectivity index (χ0n) is 20.0. The van der Waals surface area contributed by atoms with Gasteiger partial charge in [0.05, 0.1) is 17.9 Å². The highest BCUT2D eigenvalue weighted by atomic mass is 16.5. The van der Waals surface area contributed by atoms with Crippen LogP contribution in [0.25, 0.3) is 5.76 Å². The molecule has 0 aliphatic carbocycles. The number of ether oxygens (including phenoxy) is 1. The first-order valence-corrected chi connectivity index (χ1v) is 11.6. The first-order chi connectivity index (χ1) is 16.9. The van der Waals surface area contributed by atoms with Gasteiger partial charge in [-0.3, -0.25) is 9.59 Å². The maximum atomic E-state index is 13.3. The SMILES string of the molecule is C=CCOc1ccc(C2/C(=C(\O)c3cc(C)ccc3C)C(=O)C(=O)N2CCCn2ccnc2)cc1. The van der Waals surface area contributed by atoms with E-state index < -0.39 is 17.7 Å². The van der Waals surface area contributed by atoms with Gasteiger partial charge in [-0.2, -0.15) is 0 Å². The topological polar surface area (TPSA) is 84.7 Å². The Kier molecular flexibility index (Phi) is 7.15. The molecule has 1 unspecified atom stereocenters. The molecule has 0 bridgehead atoms. The van der Waals surface area contributed by atoms with Crippen molar-refractivity contribution in [3.8, 4) is 5.75 Å². The molecule has 1 aliphatic heterocycles. The lowest BCUT2D eigenvalue weighted by atomic mass is 9.93. The molecule has 0 radical (unpaired) electrons. The van der Waals surface area contributed by atoms with Crippen molar-refractivity contribution in [3.05, 3.63) is 102 Å². The molecule has 0 saturated carbocycles. The fraction of sp³-hybridized carbons (Fsp3) is 0.250. The van der Waals surface area contributed by atoms with Crippen molar-refractivity contribution in [1.82, 2.24) is 14.5 Å². The predicted octanol–water partition coefficient (Wildman–Crippen LogP) is 4.58. The normalized spacial score (nSPS) is 17.1. The Morgan fingerprint density at radius 3 is 2.60 bits per heavy atom. The fourth-order valence-corrected chi connectivity index (χ4v) is 4.34. The molecule has 7 nitrogen and oxygen atoms in total. The smallest absolute Gasteiger partial charge is 0.295 e. The van der Waals surface area contributed by atoms with Crippen molar-refractivity contribution >= 4 is 17.4 Å². The average Bonchev–Trinajstić information content (AvgIpc) is 3.46. The second kappa shape index (κ2) is 10.4. The molecular formula is C28H29N3O4. The molecule has 1 atom stereocenters. The van der Waals surface area contributed by atoms with E-state index in [1.54, 1.807) is 35.6 Å². The van der Waals surface area contributed by atoms with Gasteiger partial charge >= 0.3 is 0 Å². The van der Waals surface area contributed by atoms with E-state index in [1.807, 2.05) is 54.9 Å². The van der Waals surface area contributed by atoms with Crippen molar-refractivity contribution in [3.63, 3.8) is 0 Å². The van der Waals surface area contributed by atoms with Crippen LogP contribution in [-0.4, -0.2) is 44.4 Å². The summed E-state index contributed by atoms with van der Waals surface area (Å²) in [5, 5.41) is 11.3. The highest BCUT2D eigenvalue weighted by Crippen LogP contribution is 2.40. The summed E-state index contributed by atoms with van der Waals surface area (Å²) in [6.45, 7) is 8.83. The second-order valence-electron chi connectivity index (χ2n) is 8.63. The van der Waals surface area contributed by atoms with Gasteiger partial charge in [-0.25, -0.2) is 4.98 Å². The van der Waals surface area contributed by atoms with Crippen molar-refractivity contribution < 1.29 is 19.4 Å². The highest BCUT2D eigenvalue weighted by Gasteiger charge is 2.45. The molecule has 0 spiro atoms. The molecule has 1 fully saturated rings. The van der Waals surface area contributed by atoms with Gasteiger partial charge in [-0.05, 0) is 49.6 Å². The number of aryl methyl sites for hydroxylation is 3. The summed E-state index contributed by atoms with van der Waals surface area (Å²) < 4.78 is 7.51. The summed E-state index contributed by atoms with van der Waals surface area (Å²) in [7, 11) is 0. The van der Waals surface area contributed by atoms with Crippen LogP contribution in [0, 0.1) is 13.8 Å². The number of Topliss-reactive ketones (excluding diaryl/α,β-unsaturated/α-hetero) is 1. The number of aromatic nitrogens is 2. The van der Waals surface area contributed by atoms with E-state index >= 15 is 0 Å². The van der Waals surface area contributed by atoms with E-state index in [1.165, 1.54) is 0 Å². The molecule has 1 saturated heterocycles. The van der Waals surface area contributed by atoms with Crippen LogP contribution in [0.4, 0.5) is 0 Å². The fourth-order valence-electron chi connectivity index (χ4n) is 4.34. The molecule has 4 rings (SSSR count). The first kappa shape index (κ1) is 24.0. The van der Waals surface area contributed by atoms with Gasteiger partial charge in [0.1, 0.15) is 18.1 Å². The number of imidazole rings is 1. The molecule has 3 aromatic rings. The minimum absolute atomic E-state index is 0.103. The second-order valence-corrected chi connectivity index (χ2v) is 8.63. The van der Waals surface area contributed by atoms with Gasteiger partial charge in [-0.1, -0.05) is 42.5 Å². The number of amides is 1. The molecule has 2 heterocycles. The zero-order valence-corrected chi connectivity index (χ0v) is 20.0. The van der Waals surface area contributed by atoms with Crippen molar-refractivity contribution in [2.24, 2.45) is 0 Å². The van der Waals surface area contributed by atoms with Crippen LogP contribution in [-0.2, 0) is 16.1 Å². The lowest BCUT2D eigenvalue weighted by Crippen LogP contribution is -2.31. The quantitative estimate of drug-likeness (QED) is 0.214. The van der Waals surface area contributed by atoms with E-state index in [0.717, 1.165) is 16.7 Å². The lowest BCUT2D eigenvalue weighted by molar-refractivity contribution is -0.139. The van der Waals surface area contributed by atoms with E-state index in [4.69, 9.17) is 4.74 Å². The molecule has 1 aromatic heterocycles. The van der Waals surface area contributed by atoms with E-state index in [0.29, 0.717) is 37.4 Å². The molecule has 7 heteroatoms. The van der Waals surface area contributed by atoms with Crippen molar-refractivity contribution in [1.29, 1.82) is 0 Å². The van der Waals surface area contributed by atoms with Crippen LogP contribution in [0.5, 0.6) is 5.75 Å². The highest BCUT2D eigenvalue weighted by molar-refractivity contribution is 6.46. The number of carbonyl (C=O) groups is 2. The summed E-state index contributed by atoms with van der Waals surface area (Å²) in [5.74, 6) is -0.790. The van der Waals surface area contributed by atoms with E-state index in [-0.39, 0.29) is 11.3 Å². The molecule has 35 heavy (non-hydrogen) atoms. The van der Waals surface area contributed by atoms with Crippen LogP contribution in [0.2, 0.25) is 0 Å². The lowest BCUT2D eigenvalue weighted by Gasteiger charge is -2.25. The van der Waals surface area contributed by atoms with Gasteiger partial charge < -0.3 is 19.3 Å². The summed E-state index contributed by atoms with van der Waals surface area (Å²) in [4.78, 5) is 32.0. The maximum Gasteiger partial charge on any atom is 0.295 e. The van der Waals surface area contributed by atoms with Gasteiger partial charge in [0, 0.05) is 31.0 Å². The Morgan fingerprint density at radius 2 is 1.91 bits per heavy atom.